The molecule has 6 heteroatoms. The lowest BCUT2D eigenvalue weighted by atomic mass is 9.92. The van der Waals surface area contributed by atoms with Crippen LogP contribution in [0.5, 0.6) is 0 Å². The molecule has 1 aliphatic heterocycles. The fraction of sp³-hybridized carbons (Fsp3) is 0.412. The van der Waals surface area contributed by atoms with Crippen molar-refractivity contribution in [2.45, 2.75) is 25.8 Å². The molecule has 3 rings (SSSR count). The minimum atomic E-state index is 0. The van der Waals surface area contributed by atoms with Crippen LogP contribution in [0.3, 0.4) is 0 Å². The summed E-state index contributed by atoms with van der Waals surface area (Å²) in [6.07, 6.45) is 3.94. The first-order chi connectivity index (χ1) is 10.6. The highest BCUT2D eigenvalue weighted by Gasteiger charge is 2.27. The van der Waals surface area contributed by atoms with Crippen LogP contribution in [0, 0.1) is 5.92 Å². The van der Waals surface area contributed by atoms with Crippen molar-refractivity contribution < 1.29 is 4.79 Å². The van der Waals surface area contributed by atoms with Crippen molar-refractivity contribution in [2.24, 2.45) is 11.7 Å². The first kappa shape index (κ1) is 17.5. The van der Waals surface area contributed by atoms with Crippen LogP contribution in [-0.2, 0) is 0 Å². The minimum Gasteiger partial charge on any atom is -0.337 e. The summed E-state index contributed by atoms with van der Waals surface area (Å²) in [5.74, 6) is 0.383. The quantitative estimate of drug-likeness (QED) is 0.938. The van der Waals surface area contributed by atoms with Gasteiger partial charge in [0.05, 0.1) is 5.69 Å². The molecule has 2 heterocycles. The van der Waals surface area contributed by atoms with Gasteiger partial charge < -0.3 is 10.6 Å². The molecule has 0 bridgehead atoms. The lowest BCUT2D eigenvalue weighted by molar-refractivity contribution is 0.0654. The number of hydrogen-bond acceptors (Lipinski definition) is 3. The number of nitrogens with two attached hydrogens (primary N) is 1. The molecule has 1 aromatic heterocycles. The molecule has 2 atom stereocenters. The van der Waals surface area contributed by atoms with E-state index < -0.39 is 0 Å². The van der Waals surface area contributed by atoms with Crippen molar-refractivity contribution in [1.82, 2.24) is 14.7 Å². The molecule has 0 aliphatic carbocycles. The van der Waals surface area contributed by atoms with E-state index in [4.69, 9.17) is 5.73 Å². The molecule has 1 amide bonds. The van der Waals surface area contributed by atoms with Crippen molar-refractivity contribution in [2.75, 3.05) is 13.1 Å². The van der Waals surface area contributed by atoms with E-state index in [0.29, 0.717) is 11.6 Å². The van der Waals surface area contributed by atoms with Crippen molar-refractivity contribution in [1.29, 1.82) is 0 Å². The predicted octanol–water partition coefficient (Wildman–Crippen LogP) is 2.49. The molecule has 1 saturated heterocycles. The highest BCUT2D eigenvalue weighted by Crippen LogP contribution is 2.20. The molecular weight excluding hydrogens is 312 g/mol. The number of hydrogen-bond donors (Lipinski definition) is 1. The first-order valence-corrected chi connectivity index (χ1v) is 7.81. The van der Waals surface area contributed by atoms with Crippen LogP contribution in [-0.4, -0.2) is 39.7 Å². The van der Waals surface area contributed by atoms with Gasteiger partial charge in [-0.05, 0) is 43.9 Å². The second kappa shape index (κ2) is 7.62. The lowest BCUT2D eigenvalue weighted by Gasteiger charge is -2.34. The van der Waals surface area contributed by atoms with Crippen LogP contribution in [0.15, 0.2) is 42.6 Å². The van der Waals surface area contributed by atoms with E-state index in [0.717, 1.165) is 31.6 Å². The van der Waals surface area contributed by atoms with Gasteiger partial charge in [0.15, 0.2) is 5.69 Å². The molecule has 0 radical (unpaired) electrons. The number of nitrogens with zero attached hydrogens (tertiary/aromatic N) is 3. The molecule has 5 nitrogen and oxygen atoms in total. The highest BCUT2D eigenvalue weighted by molar-refractivity contribution is 5.92. The number of para-hydroxylation sites is 1. The number of halogens is 1. The highest BCUT2D eigenvalue weighted by atomic mass is 35.5. The monoisotopic (exact) mass is 334 g/mol. The van der Waals surface area contributed by atoms with E-state index in [9.17, 15) is 4.79 Å². The zero-order valence-corrected chi connectivity index (χ0v) is 14.1. The van der Waals surface area contributed by atoms with Crippen LogP contribution < -0.4 is 5.73 Å². The summed E-state index contributed by atoms with van der Waals surface area (Å²) in [6.45, 7) is 3.54. The Bertz CT molecular complexity index is 641. The normalized spacial score (nSPS) is 19.0. The van der Waals surface area contributed by atoms with Crippen LogP contribution >= 0.6 is 12.4 Å². The average Bonchev–Trinajstić information content (AvgIpc) is 3.05. The number of piperidine rings is 1. The smallest absolute Gasteiger partial charge is 0.274 e. The molecule has 0 spiro atoms. The number of aromatic nitrogens is 2. The number of amides is 1. The maximum Gasteiger partial charge on any atom is 0.274 e. The van der Waals surface area contributed by atoms with Crippen LogP contribution in [0.2, 0.25) is 0 Å². The molecule has 1 fully saturated rings. The van der Waals surface area contributed by atoms with Crippen molar-refractivity contribution in [3.8, 4) is 5.69 Å². The third kappa shape index (κ3) is 3.92. The molecule has 23 heavy (non-hydrogen) atoms. The summed E-state index contributed by atoms with van der Waals surface area (Å²) >= 11 is 0. The van der Waals surface area contributed by atoms with E-state index in [1.54, 1.807) is 10.7 Å². The summed E-state index contributed by atoms with van der Waals surface area (Å²) < 4.78 is 1.74. The van der Waals surface area contributed by atoms with E-state index in [1.165, 1.54) is 0 Å². The van der Waals surface area contributed by atoms with Gasteiger partial charge in [-0.15, -0.1) is 12.4 Å². The average molecular weight is 335 g/mol. The number of carbonyl (C=O) groups excluding carboxylic acids is 1. The largest absolute Gasteiger partial charge is 0.337 e. The van der Waals surface area contributed by atoms with Gasteiger partial charge in [-0.2, -0.15) is 5.10 Å². The van der Waals surface area contributed by atoms with Gasteiger partial charge in [0.2, 0.25) is 0 Å². The second-order valence-corrected chi connectivity index (χ2v) is 5.99. The first-order valence-electron chi connectivity index (χ1n) is 7.81. The maximum atomic E-state index is 12.6. The Morgan fingerprint density at radius 2 is 2.04 bits per heavy atom. The third-order valence-electron chi connectivity index (χ3n) is 4.32. The second-order valence-electron chi connectivity index (χ2n) is 5.99. The van der Waals surface area contributed by atoms with Crippen LogP contribution in [0.25, 0.3) is 5.69 Å². The standard InChI is InChI=1S/C17H22N4O.ClH/c1-13(18)14-6-5-10-20(12-14)17(22)16-9-11-21(19-16)15-7-3-2-4-8-15;/h2-4,7-9,11,13-14H,5-6,10,12,18H2,1H3;1H. The molecule has 2 aromatic rings. The van der Waals surface area contributed by atoms with E-state index in [1.807, 2.05) is 48.4 Å². The van der Waals surface area contributed by atoms with E-state index in [2.05, 4.69) is 5.10 Å². The Morgan fingerprint density at radius 1 is 1.30 bits per heavy atom. The lowest BCUT2D eigenvalue weighted by Crippen LogP contribution is -2.45. The Morgan fingerprint density at radius 3 is 2.74 bits per heavy atom. The van der Waals surface area contributed by atoms with Crippen LogP contribution in [0.1, 0.15) is 30.3 Å². The summed E-state index contributed by atoms with van der Waals surface area (Å²) in [7, 11) is 0. The summed E-state index contributed by atoms with van der Waals surface area (Å²) in [4.78, 5) is 14.5. The molecule has 1 aromatic carbocycles. The number of rotatable bonds is 3. The van der Waals surface area contributed by atoms with E-state index >= 15 is 0 Å². The Hall–Kier alpha value is -1.85. The van der Waals surface area contributed by atoms with Gasteiger partial charge >= 0.3 is 0 Å². The topological polar surface area (TPSA) is 64.2 Å². The Labute approximate surface area is 142 Å². The summed E-state index contributed by atoms with van der Waals surface area (Å²) in [5, 5.41) is 4.42. The van der Waals surface area contributed by atoms with Crippen LogP contribution in [0.4, 0.5) is 0 Å². The van der Waals surface area contributed by atoms with Gasteiger partial charge in [-0.3, -0.25) is 4.79 Å². The van der Waals surface area contributed by atoms with Gasteiger partial charge in [-0.25, -0.2) is 4.68 Å². The van der Waals surface area contributed by atoms with Gasteiger partial charge in [-0.1, -0.05) is 18.2 Å². The fourth-order valence-electron chi connectivity index (χ4n) is 2.95. The zero-order chi connectivity index (χ0) is 15.5. The van der Waals surface area contributed by atoms with E-state index in [-0.39, 0.29) is 24.4 Å². The van der Waals surface area contributed by atoms with Gasteiger partial charge in [0.25, 0.3) is 5.91 Å². The van der Waals surface area contributed by atoms with Crippen molar-refractivity contribution in [3.05, 3.63) is 48.3 Å². The molecule has 124 valence electrons. The van der Waals surface area contributed by atoms with Gasteiger partial charge in [0.1, 0.15) is 0 Å². The molecule has 2 unspecified atom stereocenters. The molecule has 2 N–H and O–H groups in total. The molecular formula is C17H23ClN4O. The Balaban J connectivity index is 0.00000192. The maximum absolute atomic E-state index is 12.6. The third-order valence-corrected chi connectivity index (χ3v) is 4.32. The Kier molecular flexibility index (Phi) is 5.80. The van der Waals surface area contributed by atoms with Crippen molar-refractivity contribution >= 4 is 18.3 Å². The van der Waals surface area contributed by atoms with Crippen molar-refractivity contribution in [3.63, 3.8) is 0 Å². The molecule has 1 aliphatic rings. The molecule has 0 saturated carbocycles. The predicted molar refractivity (Wildman–Crippen MR) is 93.1 cm³/mol. The minimum absolute atomic E-state index is 0. The number of likely N-dealkylation sites (tertiary alicyclic amines) is 1. The summed E-state index contributed by atoms with van der Waals surface area (Å²) in [6, 6.07) is 11.7. The summed E-state index contributed by atoms with van der Waals surface area (Å²) in [5.41, 5.74) is 7.44. The van der Waals surface area contributed by atoms with Gasteiger partial charge in [0, 0.05) is 25.3 Å². The zero-order valence-electron chi connectivity index (χ0n) is 13.3. The number of carbonyl (C=O) groups is 1. The number of benzene rings is 1. The fourth-order valence-corrected chi connectivity index (χ4v) is 2.95. The SMILES string of the molecule is CC(N)C1CCCN(C(=O)c2ccn(-c3ccccc3)n2)C1.Cl.